The molecule has 1 saturated heterocycles. The van der Waals surface area contributed by atoms with Gasteiger partial charge in [0.2, 0.25) is 0 Å². The number of nitrogens with two attached hydrogens (primary N) is 1. The highest BCUT2D eigenvalue weighted by Crippen LogP contribution is 2.38. The summed E-state index contributed by atoms with van der Waals surface area (Å²) in [5.74, 6) is 2.92. The molecule has 1 aliphatic rings. The van der Waals surface area contributed by atoms with Gasteiger partial charge in [-0.25, -0.2) is 9.97 Å². The summed E-state index contributed by atoms with van der Waals surface area (Å²) in [5, 5.41) is 0. The molecule has 2 heterocycles. The van der Waals surface area contributed by atoms with Gasteiger partial charge < -0.3 is 10.5 Å². The van der Waals surface area contributed by atoms with E-state index >= 15 is 0 Å². The van der Waals surface area contributed by atoms with Gasteiger partial charge in [-0.2, -0.15) is 0 Å². The molecule has 122 valence electrons. The molecule has 2 aromatic rings. The third-order valence-corrected chi connectivity index (χ3v) is 4.49. The Balaban J connectivity index is 1.87. The normalized spacial score (nSPS) is 22.0. The Hall–Kier alpha value is -2.14. The maximum Gasteiger partial charge on any atom is 0.144 e. The largest absolute Gasteiger partial charge is 0.496 e. The molecule has 3 rings (SSSR count). The van der Waals surface area contributed by atoms with Crippen LogP contribution in [-0.4, -0.2) is 28.5 Å². The third kappa shape index (κ3) is 3.62. The van der Waals surface area contributed by atoms with Crippen molar-refractivity contribution in [2.75, 3.05) is 19.4 Å². The molecule has 1 aliphatic heterocycles. The number of aromatic nitrogens is 2. The molecule has 5 heteroatoms. The van der Waals surface area contributed by atoms with Crippen molar-refractivity contribution in [2.45, 2.75) is 32.4 Å². The molecule has 23 heavy (non-hydrogen) atoms. The van der Waals surface area contributed by atoms with Crippen molar-refractivity contribution in [2.24, 2.45) is 5.92 Å². The quantitative estimate of drug-likeness (QED) is 0.940. The van der Waals surface area contributed by atoms with Crippen molar-refractivity contribution in [3.05, 3.63) is 47.9 Å². The number of rotatable bonds is 4. The van der Waals surface area contributed by atoms with Crippen LogP contribution in [-0.2, 0) is 6.54 Å². The van der Waals surface area contributed by atoms with Crippen LogP contribution in [0.3, 0.4) is 0 Å². The number of ether oxygens (including phenoxy) is 1. The van der Waals surface area contributed by atoms with E-state index in [4.69, 9.17) is 10.5 Å². The topological polar surface area (TPSA) is 64.3 Å². The number of likely N-dealkylation sites (tertiary alicyclic amines) is 1. The van der Waals surface area contributed by atoms with Crippen molar-refractivity contribution in [1.29, 1.82) is 0 Å². The van der Waals surface area contributed by atoms with E-state index in [1.807, 2.05) is 12.1 Å². The van der Waals surface area contributed by atoms with Crippen LogP contribution in [0.2, 0.25) is 0 Å². The second-order valence-electron chi connectivity index (χ2n) is 6.27. The summed E-state index contributed by atoms with van der Waals surface area (Å²) in [6.07, 6.45) is 4.06. The highest BCUT2D eigenvalue weighted by molar-refractivity contribution is 5.36. The number of nitrogen functional groups attached to an aromatic ring is 1. The Morgan fingerprint density at radius 1 is 1.26 bits per heavy atom. The average Bonchev–Trinajstić information content (AvgIpc) is 2.55. The van der Waals surface area contributed by atoms with Crippen molar-refractivity contribution in [3.63, 3.8) is 0 Å². The van der Waals surface area contributed by atoms with Crippen LogP contribution in [0.4, 0.5) is 5.82 Å². The lowest BCUT2D eigenvalue weighted by molar-refractivity contribution is 0.101. The van der Waals surface area contributed by atoms with Crippen LogP contribution in [0, 0.1) is 5.92 Å². The molecule has 0 bridgehead atoms. The fraction of sp³-hybridized carbons (Fsp3) is 0.444. The van der Waals surface area contributed by atoms with Crippen LogP contribution in [0.25, 0.3) is 0 Å². The van der Waals surface area contributed by atoms with Gasteiger partial charge in [0.15, 0.2) is 0 Å². The van der Waals surface area contributed by atoms with E-state index in [0.717, 1.165) is 24.5 Å². The summed E-state index contributed by atoms with van der Waals surface area (Å²) in [5.41, 5.74) is 7.03. The van der Waals surface area contributed by atoms with Crippen molar-refractivity contribution in [1.82, 2.24) is 14.9 Å². The second kappa shape index (κ2) is 6.96. The first-order valence-corrected chi connectivity index (χ1v) is 8.11. The van der Waals surface area contributed by atoms with Gasteiger partial charge in [0, 0.05) is 24.3 Å². The van der Waals surface area contributed by atoms with Crippen LogP contribution in [0.1, 0.15) is 37.2 Å². The molecule has 0 aliphatic carbocycles. The molecular formula is C18H24N4O. The minimum atomic E-state index is 0.326. The number of methoxy groups -OCH3 is 1. The predicted octanol–water partition coefficient (Wildman–Crippen LogP) is 3.04. The Morgan fingerprint density at radius 3 is 2.87 bits per heavy atom. The molecule has 0 amide bonds. The number of hydrogen-bond acceptors (Lipinski definition) is 5. The molecule has 2 N–H and O–H groups in total. The van der Waals surface area contributed by atoms with E-state index in [1.54, 1.807) is 19.4 Å². The lowest BCUT2D eigenvalue weighted by Crippen LogP contribution is -2.37. The van der Waals surface area contributed by atoms with E-state index in [-0.39, 0.29) is 0 Å². The summed E-state index contributed by atoms with van der Waals surface area (Å²) < 4.78 is 5.57. The summed E-state index contributed by atoms with van der Waals surface area (Å²) in [7, 11) is 1.73. The number of nitrogens with zero attached hydrogens (tertiary/aromatic N) is 3. The third-order valence-electron chi connectivity index (χ3n) is 4.49. The zero-order valence-electron chi connectivity index (χ0n) is 13.8. The molecule has 1 fully saturated rings. The summed E-state index contributed by atoms with van der Waals surface area (Å²) in [6, 6.07) is 10.3. The number of para-hydroxylation sites is 1. The second-order valence-corrected chi connectivity index (χ2v) is 6.27. The number of benzene rings is 1. The molecule has 0 saturated carbocycles. The fourth-order valence-electron chi connectivity index (χ4n) is 3.39. The molecule has 0 spiro atoms. The fourth-order valence-corrected chi connectivity index (χ4v) is 3.39. The van der Waals surface area contributed by atoms with E-state index in [9.17, 15) is 0 Å². The van der Waals surface area contributed by atoms with Gasteiger partial charge in [0.1, 0.15) is 17.4 Å². The molecule has 2 atom stereocenters. The van der Waals surface area contributed by atoms with Crippen molar-refractivity contribution in [3.8, 4) is 5.75 Å². The first kappa shape index (κ1) is 15.7. The zero-order chi connectivity index (χ0) is 16.2. The van der Waals surface area contributed by atoms with Gasteiger partial charge in [0.05, 0.1) is 13.7 Å². The molecule has 1 aromatic carbocycles. The highest BCUT2D eigenvalue weighted by atomic mass is 16.5. The summed E-state index contributed by atoms with van der Waals surface area (Å²) in [6.45, 7) is 4.03. The van der Waals surface area contributed by atoms with E-state index < -0.39 is 0 Å². The van der Waals surface area contributed by atoms with Gasteiger partial charge in [0.25, 0.3) is 0 Å². The summed E-state index contributed by atoms with van der Waals surface area (Å²) >= 11 is 0. The van der Waals surface area contributed by atoms with Crippen molar-refractivity contribution < 1.29 is 4.74 Å². The zero-order valence-corrected chi connectivity index (χ0v) is 13.8. The molecular weight excluding hydrogens is 288 g/mol. The number of piperidine rings is 1. The lowest BCUT2D eigenvalue weighted by atomic mass is 9.89. The standard InChI is InChI=1S/C18H24N4O/c1-13-7-8-15(14-5-3-4-6-16(14)23-2)22(11-13)12-18-20-10-9-17(19)21-18/h3-6,9-10,13,15H,7-8,11-12H2,1-2H3,(H2,19,20,21). The van der Waals surface area contributed by atoms with Crippen LogP contribution in [0.5, 0.6) is 5.75 Å². The van der Waals surface area contributed by atoms with E-state index in [0.29, 0.717) is 24.3 Å². The van der Waals surface area contributed by atoms with Crippen LogP contribution >= 0.6 is 0 Å². The van der Waals surface area contributed by atoms with Gasteiger partial charge in [-0.3, -0.25) is 4.90 Å². The Kier molecular flexibility index (Phi) is 4.76. The van der Waals surface area contributed by atoms with Gasteiger partial charge in [-0.15, -0.1) is 0 Å². The Morgan fingerprint density at radius 2 is 2.09 bits per heavy atom. The maximum atomic E-state index is 5.79. The maximum absolute atomic E-state index is 5.79. The lowest BCUT2D eigenvalue weighted by Gasteiger charge is -2.39. The van der Waals surface area contributed by atoms with Crippen LogP contribution in [0.15, 0.2) is 36.5 Å². The smallest absolute Gasteiger partial charge is 0.144 e. The van der Waals surface area contributed by atoms with Crippen molar-refractivity contribution >= 4 is 5.82 Å². The number of anilines is 1. The molecule has 5 nitrogen and oxygen atoms in total. The van der Waals surface area contributed by atoms with E-state index in [1.165, 1.54) is 12.0 Å². The Labute approximate surface area is 137 Å². The molecule has 0 radical (unpaired) electrons. The molecule has 2 unspecified atom stereocenters. The van der Waals surface area contributed by atoms with Crippen LogP contribution < -0.4 is 10.5 Å². The predicted molar refractivity (Wildman–Crippen MR) is 91.0 cm³/mol. The monoisotopic (exact) mass is 312 g/mol. The van der Waals surface area contributed by atoms with Gasteiger partial charge >= 0.3 is 0 Å². The van der Waals surface area contributed by atoms with E-state index in [2.05, 4.69) is 33.9 Å². The average molecular weight is 312 g/mol. The SMILES string of the molecule is COc1ccccc1C1CCC(C)CN1Cc1nccc(N)n1. The highest BCUT2D eigenvalue weighted by Gasteiger charge is 2.29. The number of hydrogen-bond donors (Lipinski definition) is 1. The van der Waals surface area contributed by atoms with Gasteiger partial charge in [-0.05, 0) is 30.9 Å². The summed E-state index contributed by atoms with van der Waals surface area (Å²) in [4.78, 5) is 11.2. The minimum absolute atomic E-state index is 0.326. The first-order chi connectivity index (χ1) is 11.2. The van der Waals surface area contributed by atoms with Gasteiger partial charge in [-0.1, -0.05) is 25.1 Å². The minimum Gasteiger partial charge on any atom is -0.496 e. The molecule has 1 aromatic heterocycles. The first-order valence-electron chi connectivity index (χ1n) is 8.11. The Bertz CT molecular complexity index is 661.